The average molecular weight is 333 g/mol. The van der Waals surface area contributed by atoms with Gasteiger partial charge >= 0.3 is 0 Å². The fourth-order valence-corrected chi connectivity index (χ4v) is 4.55. The van der Waals surface area contributed by atoms with E-state index in [0.29, 0.717) is 11.6 Å². The number of piperidine rings is 1. The molecule has 2 fully saturated rings. The number of hydrogen-bond acceptors (Lipinski definition) is 7. The Bertz CT molecular complexity index is 689. The van der Waals surface area contributed by atoms with E-state index in [1.165, 1.54) is 37.4 Å². The number of thioether (sulfide) groups is 1. The van der Waals surface area contributed by atoms with E-state index < -0.39 is 0 Å². The summed E-state index contributed by atoms with van der Waals surface area (Å²) in [7, 11) is 0. The molecule has 0 aromatic carbocycles. The fraction of sp³-hybridized carbons (Fsp3) is 0.688. The lowest BCUT2D eigenvalue weighted by atomic mass is 10.0. The van der Waals surface area contributed by atoms with Crippen LogP contribution in [0.5, 0.6) is 0 Å². The Hall–Kier alpha value is -1.34. The van der Waals surface area contributed by atoms with Gasteiger partial charge in [0.05, 0.1) is 0 Å². The lowest BCUT2D eigenvalue weighted by Crippen LogP contribution is -2.48. The number of nitrogens with zero attached hydrogens (tertiary/aromatic N) is 5. The van der Waals surface area contributed by atoms with E-state index in [1.54, 1.807) is 0 Å². The molecule has 0 radical (unpaired) electrons. The van der Waals surface area contributed by atoms with Crippen molar-refractivity contribution < 1.29 is 4.42 Å². The van der Waals surface area contributed by atoms with Gasteiger partial charge in [-0.15, -0.1) is 0 Å². The summed E-state index contributed by atoms with van der Waals surface area (Å²) in [5.74, 6) is 4.91. The minimum atomic E-state index is 0.611. The van der Waals surface area contributed by atoms with Crippen LogP contribution in [0.25, 0.3) is 11.2 Å². The van der Waals surface area contributed by atoms with Gasteiger partial charge in [-0.05, 0) is 19.8 Å². The summed E-state index contributed by atoms with van der Waals surface area (Å²) >= 11 is 2.08. The highest BCUT2D eigenvalue weighted by molar-refractivity contribution is 7.99. The van der Waals surface area contributed by atoms with E-state index in [9.17, 15) is 0 Å². The van der Waals surface area contributed by atoms with Gasteiger partial charge < -0.3 is 9.32 Å². The standard InChI is InChI=1S/C16H23N5OS/c1-11-17-15(14-16(18-11)22-12(2)19-14)21-5-3-13(4-6-21)20-7-9-23-10-8-20/h13H,3-10H2,1-2H3. The third-order valence-electron chi connectivity index (χ3n) is 4.79. The summed E-state index contributed by atoms with van der Waals surface area (Å²) in [4.78, 5) is 18.5. The Kier molecular flexibility index (Phi) is 4.15. The van der Waals surface area contributed by atoms with Crippen LogP contribution in [0, 0.1) is 13.8 Å². The van der Waals surface area contributed by atoms with E-state index in [0.717, 1.165) is 36.3 Å². The molecule has 0 atom stereocenters. The number of oxazole rings is 1. The van der Waals surface area contributed by atoms with Crippen molar-refractivity contribution in [3.05, 3.63) is 11.7 Å². The number of aryl methyl sites for hydroxylation is 2. The molecule has 7 heteroatoms. The van der Waals surface area contributed by atoms with E-state index in [1.807, 2.05) is 13.8 Å². The Morgan fingerprint density at radius 1 is 1.00 bits per heavy atom. The van der Waals surface area contributed by atoms with Crippen molar-refractivity contribution in [1.82, 2.24) is 19.9 Å². The summed E-state index contributed by atoms with van der Waals surface area (Å²) in [5.41, 5.74) is 1.42. The van der Waals surface area contributed by atoms with Crippen LogP contribution in [0.2, 0.25) is 0 Å². The molecule has 124 valence electrons. The number of hydrogen-bond donors (Lipinski definition) is 0. The van der Waals surface area contributed by atoms with Crippen LogP contribution in [0.4, 0.5) is 5.82 Å². The van der Waals surface area contributed by atoms with E-state index >= 15 is 0 Å². The van der Waals surface area contributed by atoms with Gasteiger partial charge in [-0.3, -0.25) is 4.90 Å². The van der Waals surface area contributed by atoms with Crippen molar-refractivity contribution in [1.29, 1.82) is 0 Å². The molecule has 2 aliphatic heterocycles. The molecule has 2 aromatic rings. The van der Waals surface area contributed by atoms with Crippen molar-refractivity contribution in [2.24, 2.45) is 0 Å². The highest BCUT2D eigenvalue weighted by Gasteiger charge is 2.28. The van der Waals surface area contributed by atoms with Crippen LogP contribution in [0.1, 0.15) is 24.6 Å². The number of anilines is 1. The molecule has 0 amide bonds. The van der Waals surface area contributed by atoms with Crippen molar-refractivity contribution in [3.63, 3.8) is 0 Å². The zero-order chi connectivity index (χ0) is 15.8. The summed E-state index contributed by atoms with van der Waals surface area (Å²) in [5, 5.41) is 0. The third kappa shape index (κ3) is 3.04. The van der Waals surface area contributed by atoms with Gasteiger partial charge in [-0.1, -0.05) is 0 Å². The Morgan fingerprint density at radius 2 is 1.74 bits per heavy atom. The third-order valence-corrected chi connectivity index (χ3v) is 5.73. The molecule has 0 unspecified atom stereocenters. The Morgan fingerprint density at radius 3 is 2.48 bits per heavy atom. The van der Waals surface area contributed by atoms with Crippen LogP contribution in [0.3, 0.4) is 0 Å². The summed E-state index contributed by atoms with van der Waals surface area (Å²) in [6.45, 7) is 8.33. The molecular formula is C16H23N5OS. The van der Waals surface area contributed by atoms with Gasteiger partial charge in [0.15, 0.2) is 17.2 Å². The van der Waals surface area contributed by atoms with Crippen LogP contribution < -0.4 is 4.90 Å². The summed E-state index contributed by atoms with van der Waals surface area (Å²) in [6.07, 6.45) is 2.40. The van der Waals surface area contributed by atoms with Crippen LogP contribution in [-0.2, 0) is 0 Å². The molecule has 2 aromatic heterocycles. The maximum absolute atomic E-state index is 5.60. The van der Waals surface area contributed by atoms with Crippen LogP contribution in [-0.4, -0.2) is 63.6 Å². The quantitative estimate of drug-likeness (QED) is 0.835. The van der Waals surface area contributed by atoms with Gasteiger partial charge in [-0.25, -0.2) is 9.97 Å². The first kappa shape index (κ1) is 15.2. The van der Waals surface area contributed by atoms with Crippen LogP contribution in [0.15, 0.2) is 4.42 Å². The van der Waals surface area contributed by atoms with Crippen molar-refractivity contribution in [2.75, 3.05) is 42.6 Å². The second kappa shape index (κ2) is 6.28. The molecule has 0 spiro atoms. The topological polar surface area (TPSA) is 58.3 Å². The normalized spacial score (nSPS) is 21.2. The summed E-state index contributed by atoms with van der Waals surface area (Å²) < 4.78 is 5.60. The van der Waals surface area contributed by atoms with E-state index in [2.05, 4.69) is 36.5 Å². The number of aromatic nitrogens is 3. The minimum absolute atomic E-state index is 0.611. The highest BCUT2D eigenvalue weighted by atomic mass is 32.2. The molecule has 0 aliphatic carbocycles. The molecule has 23 heavy (non-hydrogen) atoms. The second-order valence-corrected chi connectivity index (χ2v) is 7.57. The lowest BCUT2D eigenvalue weighted by molar-refractivity contribution is 0.185. The molecule has 2 saturated heterocycles. The highest BCUT2D eigenvalue weighted by Crippen LogP contribution is 2.28. The predicted octanol–water partition coefficient (Wildman–Crippen LogP) is 2.25. The largest absolute Gasteiger partial charge is 0.422 e. The van der Waals surface area contributed by atoms with Crippen molar-refractivity contribution >= 4 is 28.8 Å². The molecule has 0 saturated carbocycles. The molecule has 0 N–H and O–H groups in total. The van der Waals surface area contributed by atoms with E-state index in [-0.39, 0.29) is 0 Å². The van der Waals surface area contributed by atoms with Crippen molar-refractivity contribution in [3.8, 4) is 0 Å². The van der Waals surface area contributed by atoms with Gasteiger partial charge in [0.1, 0.15) is 5.82 Å². The maximum Gasteiger partial charge on any atom is 0.252 e. The lowest BCUT2D eigenvalue weighted by Gasteiger charge is -2.40. The van der Waals surface area contributed by atoms with Gasteiger partial charge in [-0.2, -0.15) is 16.7 Å². The fourth-order valence-electron chi connectivity index (χ4n) is 3.62. The molecular weight excluding hydrogens is 310 g/mol. The zero-order valence-electron chi connectivity index (χ0n) is 13.8. The Balaban J connectivity index is 1.52. The molecule has 4 rings (SSSR count). The first-order chi connectivity index (χ1) is 11.2. The zero-order valence-corrected chi connectivity index (χ0v) is 14.6. The smallest absolute Gasteiger partial charge is 0.252 e. The number of fused-ring (bicyclic) bond motifs is 1. The first-order valence-corrected chi connectivity index (χ1v) is 9.55. The monoisotopic (exact) mass is 333 g/mol. The number of rotatable bonds is 2. The summed E-state index contributed by atoms with van der Waals surface area (Å²) in [6, 6.07) is 0.727. The van der Waals surface area contributed by atoms with Crippen molar-refractivity contribution in [2.45, 2.75) is 32.7 Å². The first-order valence-electron chi connectivity index (χ1n) is 8.39. The second-order valence-electron chi connectivity index (χ2n) is 6.35. The average Bonchev–Trinajstić information content (AvgIpc) is 2.95. The van der Waals surface area contributed by atoms with E-state index in [4.69, 9.17) is 4.42 Å². The van der Waals surface area contributed by atoms with Gasteiger partial charge in [0.2, 0.25) is 0 Å². The predicted molar refractivity (Wildman–Crippen MR) is 93.2 cm³/mol. The van der Waals surface area contributed by atoms with Gasteiger partial charge in [0, 0.05) is 50.7 Å². The molecule has 4 heterocycles. The SMILES string of the molecule is Cc1nc(N2CCC(N3CCSCC3)CC2)c2nc(C)oc2n1. The molecule has 0 bridgehead atoms. The molecule has 2 aliphatic rings. The van der Waals surface area contributed by atoms with Gasteiger partial charge in [0.25, 0.3) is 5.71 Å². The minimum Gasteiger partial charge on any atom is -0.422 e. The molecule has 6 nitrogen and oxygen atoms in total. The van der Waals surface area contributed by atoms with Crippen LogP contribution >= 0.6 is 11.8 Å². The Labute approximate surface area is 140 Å². The maximum atomic E-state index is 5.60.